The molecule has 0 spiro atoms. The fourth-order valence-corrected chi connectivity index (χ4v) is 2.70. The number of halogens is 2. The van der Waals surface area contributed by atoms with Gasteiger partial charge >= 0.3 is 0 Å². The van der Waals surface area contributed by atoms with Crippen molar-refractivity contribution < 1.29 is 13.5 Å². The van der Waals surface area contributed by atoms with Crippen LogP contribution < -0.4 is 10.5 Å². The highest BCUT2D eigenvalue weighted by Crippen LogP contribution is 2.24. The van der Waals surface area contributed by atoms with Gasteiger partial charge in [0.05, 0.1) is 6.61 Å². The van der Waals surface area contributed by atoms with Gasteiger partial charge in [0.2, 0.25) is 0 Å². The lowest BCUT2D eigenvalue weighted by Gasteiger charge is -2.16. The molecule has 0 heterocycles. The molecule has 0 aliphatic carbocycles. The molecular formula is C20H25F2NO. The molecule has 0 bridgehead atoms. The molecule has 4 heteroatoms. The molecule has 0 aromatic heterocycles. The van der Waals surface area contributed by atoms with Crippen molar-refractivity contribution in [2.24, 2.45) is 5.73 Å². The highest BCUT2D eigenvalue weighted by molar-refractivity contribution is 5.30. The average molecular weight is 333 g/mol. The Hall–Kier alpha value is -1.94. The smallest absolute Gasteiger partial charge is 0.129 e. The third-order valence-electron chi connectivity index (χ3n) is 4.11. The van der Waals surface area contributed by atoms with E-state index in [0.717, 1.165) is 30.4 Å². The van der Waals surface area contributed by atoms with Gasteiger partial charge in [0.15, 0.2) is 0 Å². The quantitative estimate of drug-likeness (QED) is 0.668. The molecule has 1 unspecified atom stereocenters. The summed E-state index contributed by atoms with van der Waals surface area (Å²) in [6, 6.07) is 11.5. The van der Waals surface area contributed by atoms with E-state index in [1.54, 1.807) is 0 Å². The summed E-state index contributed by atoms with van der Waals surface area (Å²) in [5.74, 6) is -0.452. The summed E-state index contributed by atoms with van der Waals surface area (Å²) < 4.78 is 32.7. The predicted octanol–water partition coefficient (Wildman–Crippen LogP) is 4.82. The lowest BCUT2D eigenvalue weighted by Crippen LogP contribution is -2.16. The Morgan fingerprint density at radius 3 is 2.42 bits per heavy atom. The summed E-state index contributed by atoms with van der Waals surface area (Å²) in [4.78, 5) is 0. The van der Waals surface area contributed by atoms with Crippen molar-refractivity contribution in [3.63, 3.8) is 0 Å². The zero-order chi connectivity index (χ0) is 17.4. The molecule has 0 aliphatic rings. The average Bonchev–Trinajstić information content (AvgIpc) is 2.58. The van der Waals surface area contributed by atoms with Gasteiger partial charge in [-0.15, -0.1) is 0 Å². The Labute approximate surface area is 142 Å². The lowest BCUT2D eigenvalue weighted by molar-refractivity contribution is 0.306. The molecule has 2 rings (SSSR count). The van der Waals surface area contributed by atoms with Crippen molar-refractivity contribution >= 4 is 0 Å². The maximum absolute atomic E-state index is 13.9. The molecule has 0 saturated carbocycles. The number of nitrogens with two attached hydrogens (primary N) is 1. The summed E-state index contributed by atoms with van der Waals surface area (Å²) in [6.45, 7) is 3.18. The van der Waals surface area contributed by atoms with Crippen LogP contribution in [0.2, 0.25) is 0 Å². The standard InChI is InChI=1S/C20H25F2NO/c1-2-3-4-11-24-18-8-5-15(6-9-18)12-16(14-23)19-10-7-17(21)13-20(19)22/h5-10,13,16H,2-4,11-12,14,23H2,1H3. The molecule has 0 aliphatic heterocycles. The first kappa shape index (κ1) is 18.4. The van der Waals surface area contributed by atoms with Crippen LogP contribution in [0.15, 0.2) is 42.5 Å². The minimum Gasteiger partial charge on any atom is -0.494 e. The highest BCUT2D eigenvalue weighted by atomic mass is 19.1. The molecule has 0 saturated heterocycles. The van der Waals surface area contributed by atoms with Crippen LogP contribution in [-0.4, -0.2) is 13.2 Å². The van der Waals surface area contributed by atoms with Crippen LogP contribution in [0.4, 0.5) is 8.78 Å². The predicted molar refractivity (Wildman–Crippen MR) is 93.3 cm³/mol. The van der Waals surface area contributed by atoms with Crippen molar-refractivity contribution in [3.05, 3.63) is 65.2 Å². The number of unbranched alkanes of at least 4 members (excludes halogenated alkanes) is 2. The lowest BCUT2D eigenvalue weighted by atomic mass is 9.91. The Bertz CT molecular complexity index is 628. The van der Waals surface area contributed by atoms with Crippen LogP contribution in [0.1, 0.15) is 43.2 Å². The van der Waals surface area contributed by atoms with Crippen LogP contribution >= 0.6 is 0 Å². The maximum atomic E-state index is 13.9. The third-order valence-corrected chi connectivity index (χ3v) is 4.11. The number of rotatable bonds is 9. The van der Waals surface area contributed by atoms with E-state index in [1.165, 1.54) is 25.0 Å². The molecule has 0 amide bonds. The molecule has 0 fully saturated rings. The van der Waals surface area contributed by atoms with E-state index in [4.69, 9.17) is 10.5 Å². The maximum Gasteiger partial charge on any atom is 0.129 e. The zero-order valence-electron chi connectivity index (χ0n) is 14.1. The molecular weight excluding hydrogens is 308 g/mol. The summed E-state index contributed by atoms with van der Waals surface area (Å²) >= 11 is 0. The first-order valence-corrected chi connectivity index (χ1v) is 8.50. The van der Waals surface area contributed by atoms with Gasteiger partial charge in [-0.3, -0.25) is 0 Å². The van der Waals surface area contributed by atoms with E-state index in [1.807, 2.05) is 24.3 Å². The van der Waals surface area contributed by atoms with Crippen LogP contribution in [-0.2, 0) is 6.42 Å². The third kappa shape index (κ3) is 5.31. The normalized spacial score (nSPS) is 12.2. The molecule has 130 valence electrons. The Morgan fingerprint density at radius 2 is 1.79 bits per heavy atom. The summed E-state index contributed by atoms with van der Waals surface area (Å²) in [5.41, 5.74) is 7.31. The SMILES string of the molecule is CCCCCOc1ccc(CC(CN)c2ccc(F)cc2F)cc1. The Kier molecular flexibility index (Phi) is 7.19. The van der Waals surface area contributed by atoms with Crippen LogP contribution in [0.25, 0.3) is 0 Å². The highest BCUT2D eigenvalue weighted by Gasteiger charge is 2.15. The first-order valence-electron chi connectivity index (χ1n) is 8.50. The van der Waals surface area contributed by atoms with Crippen LogP contribution in [0.5, 0.6) is 5.75 Å². The monoisotopic (exact) mass is 333 g/mol. The van der Waals surface area contributed by atoms with Gasteiger partial charge in [-0.25, -0.2) is 8.78 Å². The summed E-state index contributed by atoms with van der Waals surface area (Å²) in [5, 5.41) is 0. The van der Waals surface area contributed by atoms with E-state index in [9.17, 15) is 8.78 Å². The van der Waals surface area contributed by atoms with Gasteiger partial charge < -0.3 is 10.5 Å². The summed E-state index contributed by atoms with van der Waals surface area (Å²) in [7, 11) is 0. The second-order valence-electron chi connectivity index (χ2n) is 6.00. The second kappa shape index (κ2) is 9.38. The van der Waals surface area contributed by atoms with Crippen molar-refractivity contribution in [3.8, 4) is 5.75 Å². The van der Waals surface area contributed by atoms with E-state index in [2.05, 4.69) is 6.92 Å². The molecule has 2 N–H and O–H groups in total. The van der Waals surface area contributed by atoms with Gasteiger partial charge in [0.1, 0.15) is 17.4 Å². The Morgan fingerprint density at radius 1 is 1.04 bits per heavy atom. The molecule has 2 aromatic rings. The number of hydrogen-bond donors (Lipinski definition) is 1. The molecule has 2 nitrogen and oxygen atoms in total. The molecule has 0 radical (unpaired) electrons. The fraction of sp³-hybridized carbons (Fsp3) is 0.400. The van der Waals surface area contributed by atoms with Gasteiger partial charge in [0, 0.05) is 12.0 Å². The van der Waals surface area contributed by atoms with Crippen molar-refractivity contribution in [1.29, 1.82) is 0 Å². The molecule has 2 aromatic carbocycles. The van der Waals surface area contributed by atoms with Crippen molar-refractivity contribution in [1.82, 2.24) is 0 Å². The number of ether oxygens (including phenoxy) is 1. The van der Waals surface area contributed by atoms with Gasteiger partial charge in [-0.2, -0.15) is 0 Å². The Balaban J connectivity index is 1.98. The number of benzene rings is 2. The zero-order valence-corrected chi connectivity index (χ0v) is 14.1. The van der Waals surface area contributed by atoms with Crippen LogP contribution in [0, 0.1) is 11.6 Å². The molecule has 1 atom stereocenters. The fourth-order valence-electron chi connectivity index (χ4n) is 2.70. The minimum atomic E-state index is -0.573. The summed E-state index contributed by atoms with van der Waals surface area (Å²) in [6.07, 6.45) is 3.99. The minimum absolute atomic E-state index is 0.179. The van der Waals surface area contributed by atoms with Gasteiger partial charge in [0.25, 0.3) is 0 Å². The van der Waals surface area contributed by atoms with E-state index in [0.29, 0.717) is 18.5 Å². The van der Waals surface area contributed by atoms with Crippen molar-refractivity contribution in [2.45, 2.75) is 38.5 Å². The van der Waals surface area contributed by atoms with Gasteiger partial charge in [-0.05, 0) is 48.7 Å². The van der Waals surface area contributed by atoms with Crippen molar-refractivity contribution in [2.75, 3.05) is 13.2 Å². The van der Waals surface area contributed by atoms with E-state index < -0.39 is 11.6 Å². The number of hydrogen-bond acceptors (Lipinski definition) is 2. The first-order chi connectivity index (χ1) is 11.6. The van der Waals surface area contributed by atoms with E-state index >= 15 is 0 Å². The topological polar surface area (TPSA) is 35.2 Å². The molecule has 24 heavy (non-hydrogen) atoms. The van der Waals surface area contributed by atoms with E-state index in [-0.39, 0.29) is 5.92 Å². The van der Waals surface area contributed by atoms with Gasteiger partial charge in [-0.1, -0.05) is 38.0 Å². The largest absolute Gasteiger partial charge is 0.494 e. The second-order valence-corrected chi connectivity index (χ2v) is 6.00. The van der Waals surface area contributed by atoms with Crippen LogP contribution in [0.3, 0.4) is 0 Å².